The van der Waals surface area contributed by atoms with Gasteiger partial charge in [0.1, 0.15) is 5.82 Å². The van der Waals surface area contributed by atoms with E-state index in [1.807, 2.05) is 30.3 Å². The molecule has 2 aliphatic rings. The SMILES string of the molecule is O=C(O)N1CC2CCC(C1)C2COC(=O)N(Cc1ccc(F)cc1)c1ccccc1. The summed E-state index contributed by atoms with van der Waals surface area (Å²) < 4.78 is 19.0. The van der Waals surface area contributed by atoms with Gasteiger partial charge in [-0.1, -0.05) is 30.3 Å². The Balaban J connectivity index is 1.43. The summed E-state index contributed by atoms with van der Waals surface area (Å²) in [5.74, 6) is 0.327. The highest BCUT2D eigenvalue weighted by Crippen LogP contribution is 2.42. The van der Waals surface area contributed by atoms with Gasteiger partial charge in [-0.15, -0.1) is 0 Å². The minimum absolute atomic E-state index is 0.188. The second-order valence-corrected chi connectivity index (χ2v) is 8.07. The lowest BCUT2D eigenvalue weighted by Crippen LogP contribution is -2.46. The molecule has 1 saturated heterocycles. The number of ether oxygens (including phenoxy) is 1. The Morgan fingerprint density at radius 3 is 2.27 bits per heavy atom. The zero-order valence-electron chi connectivity index (χ0n) is 16.6. The zero-order valence-corrected chi connectivity index (χ0v) is 16.6. The van der Waals surface area contributed by atoms with Crippen molar-refractivity contribution in [2.24, 2.45) is 17.8 Å². The Kier molecular flexibility index (Phi) is 5.88. The smallest absolute Gasteiger partial charge is 0.414 e. The molecule has 2 unspecified atom stereocenters. The van der Waals surface area contributed by atoms with Crippen LogP contribution in [-0.4, -0.2) is 41.9 Å². The Morgan fingerprint density at radius 2 is 1.67 bits per heavy atom. The van der Waals surface area contributed by atoms with Gasteiger partial charge in [-0.05, 0) is 54.5 Å². The standard InChI is InChI=1S/C23H25FN2O4/c24-19-10-6-16(7-11-19)12-26(20-4-2-1-3-5-20)23(29)30-15-21-17-8-9-18(21)14-25(13-17)22(27)28/h1-7,10-11,17-18,21H,8-9,12-15H2,(H,27,28). The van der Waals surface area contributed by atoms with E-state index in [0.717, 1.165) is 18.4 Å². The van der Waals surface area contributed by atoms with Crippen LogP contribution in [0.15, 0.2) is 54.6 Å². The third-order valence-electron chi connectivity index (χ3n) is 6.24. The number of carbonyl (C=O) groups is 2. The maximum absolute atomic E-state index is 13.2. The molecule has 1 aliphatic heterocycles. The number of amides is 2. The van der Waals surface area contributed by atoms with Crippen LogP contribution in [0.25, 0.3) is 0 Å². The van der Waals surface area contributed by atoms with E-state index < -0.39 is 12.2 Å². The Labute approximate surface area is 174 Å². The molecule has 1 N–H and O–H groups in total. The fraction of sp³-hybridized carbons (Fsp3) is 0.391. The number of anilines is 1. The summed E-state index contributed by atoms with van der Waals surface area (Å²) in [6, 6.07) is 15.3. The summed E-state index contributed by atoms with van der Waals surface area (Å²) >= 11 is 0. The molecule has 0 spiro atoms. The molecule has 30 heavy (non-hydrogen) atoms. The molecule has 2 fully saturated rings. The number of piperidine rings is 1. The molecule has 2 aromatic carbocycles. The van der Waals surface area contributed by atoms with Crippen molar-refractivity contribution in [2.75, 3.05) is 24.6 Å². The van der Waals surface area contributed by atoms with Crippen LogP contribution >= 0.6 is 0 Å². The number of halogens is 1. The molecule has 4 rings (SSSR count). The third kappa shape index (κ3) is 4.40. The van der Waals surface area contributed by atoms with Crippen LogP contribution in [0.2, 0.25) is 0 Å². The van der Waals surface area contributed by atoms with Crippen LogP contribution < -0.4 is 4.90 Å². The van der Waals surface area contributed by atoms with Crippen LogP contribution in [0.4, 0.5) is 19.7 Å². The molecule has 1 heterocycles. The third-order valence-corrected chi connectivity index (χ3v) is 6.24. The van der Waals surface area contributed by atoms with Crippen molar-refractivity contribution in [3.63, 3.8) is 0 Å². The quantitative estimate of drug-likeness (QED) is 0.779. The summed E-state index contributed by atoms with van der Waals surface area (Å²) in [7, 11) is 0. The van der Waals surface area contributed by atoms with E-state index in [9.17, 15) is 19.1 Å². The van der Waals surface area contributed by atoms with Gasteiger partial charge in [0.2, 0.25) is 0 Å². The molecule has 1 aliphatic carbocycles. The maximum Gasteiger partial charge on any atom is 0.414 e. The topological polar surface area (TPSA) is 70.1 Å². The van der Waals surface area contributed by atoms with E-state index in [0.29, 0.717) is 18.8 Å². The first-order valence-electron chi connectivity index (χ1n) is 10.2. The molecule has 2 atom stereocenters. The zero-order chi connectivity index (χ0) is 21.1. The van der Waals surface area contributed by atoms with Crippen LogP contribution in [0.3, 0.4) is 0 Å². The van der Waals surface area contributed by atoms with Gasteiger partial charge in [0.25, 0.3) is 0 Å². The number of carboxylic acid groups (broad SMARTS) is 1. The van der Waals surface area contributed by atoms with Gasteiger partial charge in [-0.3, -0.25) is 4.90 Å². The Bertz CT molecular complexity index is 876. The second-order valence-electron chi connectivity index (χ2n) is 8.07. The van der Waals surface area contributed by atoms with Gasteiger partial charge in [-0.2, -0.15) is 0 Å². The van der Waals surface area contributed by atoms with E-state index in [-0.39, 0.29) is 36.7 Å². The minimum atomic E-state index is -0.878. The second kappa shape index (κ2) is 8.73. The Morgan fingerprint density at radius 1 is 1.03 bits per heavy atom. The van der Waals surface area contributed by atoms with E-state index in [1.165, 1.54) is 17.0 Å². The van der Waals surface area contributed by atoms with E-state index in [2.05, 4.69) is 0 Å². The number of carbonyl (C=O) groups excluding carboxylic acids is 1. The molecule has 2 bridgehead atoms. The van der Waals surface area contributed by atoms with E-state index in [4.69, 9.17) is 4.74 Å². The van der Waals surface area contributed by atoms with Gasteiger partial charge in [-0.25, -0.2) is 14.0 Å². The first-order valence-corrected chi connectivity index (χ1v) is 10.2. The van der Waals surface area contributed by atoms with Crippen LogP contribution in [0.1, 0.15) is 18.4 Å². The monoisotopic (exact) mass is 412 g/mol. The molecule has 0 radical (unpaired) electrons. The predicted octanol–water partition coefficient (Wildman–Crippen LogP) is 4.60. The highest BCUT2D eigenvalue weighted by atomic mass is 19.1. The van der Waals surface area contributed by atoms with Gasteiger partial charge < -0.3 is 14.7 Å². The normalized spacial score (nSPS) is 22.6. The van der Waals surface area contributed by atoms with Gasteiger partial charge in [0.15, 0.2) is 0 Å². The minimum Gasteiger partial charge on any atom is -0.465 e. The molecule has 2 aromatic rings. The van der Waals surface area contributed by atoms with Crippen molar-refractivity contribution in [3.8, 4) is 0 Å². The van der Waals surface area contributed by atoms with Crippen molar-refractivity contribution in [1.82, 2.24) is 4.90 Å². The van der Waals surface area contributed by atoms with Crippen LogP contribution in [0, 0.1) is 23.6 Å². The molecule has 7 heteroatoms. The van der Waals surface area contributed by atoms with Crippen molar-refractivity contribution in [2.45, 2.75) is 19.4 Å². The first kappa shape index (κ1) is 20.2. The summed E-state index contributed by atoms with van der Waals surface area (Å²) in [5.41, 5.74) is 1.50. The van der Waals surface area contributed by atoms with Crippen molar-refractivity contribution in [3.05, 3.63) is 66.0 Å². The fourth-order valence-electron chi connectivity index (χ4n) is 4.65. The Hall–Kier alpha value is -3.09. The summed E-state index contributed by atoms with van der Waals surface area (Å²) in [5, 5.41) is 9.27. The number of para-hydroxylation sites is 1. The lowest BCUT2D eigenvalue weighted by molar-refractivity contribution is 0.0524. The fourth-order valence-corrected chi connectivity index (χ4v) is 4.65. The number of hydrogen-bond acceptors (Lipinski definition) is 3. The van der Waals surface area contributed by atoms with Crippen molar-refractivity contribution >= 4 is 17.9 Å². The summed E-state index contributed by atoms with van der Waals surface area (Å²) in [4.78, 5) is 27.3. The predicted molar refractivity (Wildman–Crippen MR) is 110 cm³/mol. The number of likely N-dealkylation sites (tertiary alicyclic amines) is 1. The lowest BCUT2D eigenvalue weighted by Gasteiger charge is -2.36. The molecular formula is C23H25FN2O4. The highest BCUT2D eigenvalue weighted by Gasteiger charge is 2.44. The van der Waals surface area contributed by atoms with Crippen LogP contribution in [-0.2, 0) is 11.3 Å². The highest BCUT2D eigenvalue weighted by molar-refractivity contribution is 5.87. The number of nitrogens with zero attached hydrogens (tertiary/aromatic N) is 2. The molecule has 1 saturated carbocycles. The molecule has 2 amide bonds. The van der Waals surface area contributed by atoms with Gasteiger partial charge in [0.05, 0.1) is 13.2 Å². The number of rotatable bonds is 5. The molecule has 158 valence electrons. The van der Waals surface area contributed by atoms with Crippen molar-refractivity contribution < 1.29 is 23.8 Å². The van der Waals surface area contributed by atoms with E-state index >= 15 is 0 Å². The van der Waals surface area contributed by atoms with Gasteiger partial charge >= 0.3 is 12.2 Å². The molecule has 0 aromatic heterocycles. The number of hydrogen-bond donors (Lipinski definition) is 1. The summed E-state index contributed by atoms with van der Waals surface area (Å²) in [6.07, 6.45) is 0.603. The maximum atomic E-state index is 13.2. The average molecular weight is 412 g/mol. The number of fused-ring (bicyclic) bond motifs is 2. The van der Waals surface area contributed by atoms with Crippen LogP contribution in [0.5, 0.6) is 0 Å². The summed E-state index contributed by atoms with van der Waals surface area (Å²) in [6.45, 7) is 1.57. The van der Waals surface area contributed by atoms with E-state index in [1.54, 1.807) is 17.0 Å². The number of benzene rings is 2. The molecule has 6 nitrogen and oxygen atoms in total. The lowest BCUT2D eigenvalue weighted by atomic mass is 9.86. The largest absolute Gasteiger partial charge is 0.465 e. The first-order chi connectivity index (χ1) is 14.5. The van der Waals surface area contributed by atoms with Crippen molar-refractivity contribution in [1.29, 1.82) is 0 Å². The van der Waals surface area contributed by atoms with Gasteiger partial charge in [0, 0.05) is 24.7 Å². The molecular weight excluding hydrogens is 387 g/mol. The average Bonchev–Trinajstić information content (AvgIpc) is 2.98.